The molecule has 1 aromatic heterocycles. The smallest absolute Gasteiger partial charge is 0.339 e. The van der Waals surface area contributed by atoms with Gasteiger partial charge in [-0.05, 0) is 24.1 Å². The van der Waals surface area contributed by atoms with E-state index in [1.807, 2.05) is 25.1 Å². The Morgan fingerprint density at radius 3 is 2.74 bits per heavy atom. The number of carbonyl (C=O) groups is 2. The molecule has 1 atom stereocenters. The summed E-state index contributed by atoms with van der Waals surface area (Å²) in [6.45, 7) is 4.50. The molecule has 122 valence electrons. The van der Waals surface area contributed by atoms with Crippen LogP contribution in [0.15, 0.2) is 28.9 Å². The van der Waals surface area contributed by atoms with Gasteiger partial charge in [0.1, 0.15) is 5.56 Å². The molecule has 3 N–H and O–H groups in total. The highest BCUT2D eigenvalue weighted by Gasteiger charge is 2.15. The molecule has 1 aromatic carbocycles. The summed E-state index contributed by atoms with van der Waals surface area (Å²) in [6, 6.07) is 5.53. The first-order valence-electron chi connectivity index (χ1n) is 7.18. The summed E-state index contributed by atoms with van der Waals surface area (Å²) in [7, 11) is 0. The second-order valence-electron chi connectivity index (χ2n) is 5.44. The lowest BCUT2D eigenvalue weighted by Gasteiger charge is -2.17. The van der Waals surface area contributed by atoms with Crippen LogP contribution >= 0.6 is 15.9 Å². The number of amides is 1. The van der Waals surface area contributed by atoms with Crippen LogP contribution in [-0.2, 0) is 4.79 Å². The minimum atomic E-state index is -1.03. The van der Waals surface area contributed by atoms with Crippen LogP contribution in [0.3, 0.4) is 0 Å². The Labute approximate surface area is 142 Å². The fourth-order valence-electron chi connectivity index (χ4n) is 2.18. The number of carboxylic acids is 1. The summed E-state index contributed by atoms with van der Waals surface area (Å²) in [6.07, 6.45) is 1.36. The van der Waals surface area contributed by atoms with E-state index in [1.54, 1.807) is 0 Å². The number of aromatic nitrogens is 1. The summed E-state index contributed by atoms with van der Waals surface area (Å²) in [5, 5.41) is 16.1. The van der Waals surface area contributed by atoms with Crippen LogP contribution in [-0.4, -0.2) is 35.1 Å². The molecule has 1 heterocycles. The van der Waals surface area contributed by atoms with Crippen molar-refractivity contribution in [3.63, 3.8) is 0 Å². The van der Waals surface area contributed by atoms with Crippen molar-refractivity contribution in [2.45, 2.75) is 13.8 Å². The number of rotatable bonds is 6. The van der Waals surface area contributed by atoms with E-state index in [-0.39, 0.29) is 17.4 Å². The SMILES string of the molecule is CC(=O)NCC(C)CNc1c(C(=O)O)cnc2ccc(Br)cc12. The van der Waals surface area contributed by atoms with Crippen molar-refractivity contribution in [3.05, 3.63) is 34.4 Å². The molecular weight excluding hydrogens is 362 g/mol. The fourth-order valence-corrected chi connectivity index (χ4v) is 2.54. The maximum absolute atomic E-state index is 11.5. The van der Waals surface area contributed by atoms with E-state index in [9.17, 15) is 14.7 Å². The van der Waals surface area contributed by atoms with Crippen LogP contribution in [0.25, 0.3) is 10.9 Å². The molecule has 0 saturated carbocycles. The zero-order valence-electron chi connectivity index (χ0n) is 12.9. The third-order valence-electron chi connectivity index (χ3n) is 3.39. The number of aromatic carboxylic acids is 1. The van der Waals surface area contributed by atoms with E-state index in [2.05, 4.69) is 31.5 Å². The Balaban J connectivity index is 2.29. The number of nitrogens with one attached hydrogen (secondary N) is 2. The van der Waals surface area contributed by atoms with E-state index in [0.717, 1.165) is 15.4 Å². The summed E-state index contributed by atoms with van der Waals surface area (Å²) in [5.41, 5.74) is 1.39. The molecule has 0 radical (unpaired) electrons. The van der Waals surface area contributed by atoms with E-state index in [1.165, 1.54) is 13.1 Å². The number of anilines is 1. The summed E-state index contributed by atoms with van der Waals surface area (Å²) in [4.78, 5) is 26.6. The van der Waals surface area contributed by atoms with E-state index in [4.69, 9.17) is 0 Å². The van der Waals surface area contributed by atoms with Crippen molar-refractivity contribution < 1.29 is 14.7 Å². The van der Waals surface area contributed by atoms with Gasteiger partial charge < -0.3 is 15.7 Å². The molecule has 0 bridgehead atoms. The molecule has 0 spiro atoms. The first-order valence-corrected chi connectivity index (χ1v) is 7.97. The van der Waals surface area contributed by atoms with Crippen molar-refractivity contribution in [2.75, 3.05) is 18.4 Å². The van der Waals surface area contributed by atoms with Crippen LogP contribution in [0.5, 0.6) is 0 Å². The summed E-state index contributed by atoms with van der Waals surface area (Å²) in [5.74, 6) is -0.964. The molecule has 2 aromatic rings. The molecule has 1 amide bonds. The highest BCUT2D eigenvalue weighted by molar-refractivity contribution is 9.10. The van der Waals surface area contributed by atoms with Crippen molar-refractivity contribution >= 4 is 44.4 Å². The van der Waals surface area contributed by atoms with Crippen molar-refractivity contribution in [1.82, 2.24) is 10.3 Å². The molecule has 0 aliphatic rings. The van der Waals surface area contributed by atoms with Crippen LogP contribution in [0, 0.1) is 5.92 Å². The normalized spacial score (nSPS) is 12.0. The Morgan fingerprint density at radius 2 is 2.09 bits per heavy atom. The Bertz CT molecular complexity index is 749. The third-order valence-corrected chi connectivity index (χ3v) is 3.88. The number of halogens is 1. The van der Waals surface area contributed by atoms with Crippen molar-refractivity contribution in [3.8, 4) is 0 Å². The minimum absolute atomic E-state index is 0.0821. The molecule has 0 saturated heterocycles. The quantitative estimate of drug-likeness (QED) is 0.717. The summed E-state index contributed by atoms with van der Waals surface area (Å²) < 4.78 is 0.851. The number of pyridine rings is 1. The van der Waals surface area contributed by atoms with Crippen LogP contribution in [0.2, 0.25) is 0 Å². The van der Waals surface area contributed by atoms with E-state index < -0.39 is 5.97 Å². The molecule has 6 nitrogen and oxygen atoms in total. The average molecular weight is 380 g/mol. The van der Waals surface area contributed by atoms with E-state index in [0.29, 0.717) is 18.8 Å². The lowest BCUT2D eigenvalue weighted by molar-refractivity contribution is -0.119. The van der Waals surface area contributed by atoms with Gasteiger partial charge in [-0.15, -0.1) is 0 Å². The first-order chi connectivity index (χ1) is 10.9. The van der Waals surface area contributed by atoms with Crippen molar-refractivity contribution in [1.29, 1.82) is 0 Å². The number of hydrogen-bond donors (Lipinski definition) is 3. The second kappa shape index (κ2) is 7.41. The van der Waals surface area contributed by atoms with E-state index >= 15 is 0 Å². The van der Waals surface area contributed by atoms with Gasteiger partial charge in [0.25, 0.3) is 0 Å². The Morgan fingerprint density at radius 1 is 1.35 bits per heavy atom. The molecule has 0 aliphatic carbocycles. The highest BCUT2D eigenvalue weighted by Crippen LogP contribution is 2.28. The summed E-state index contributed by atoms with van der Waals surface area (Å²) >= 11 is 3.40. The molecule has 2 rings (SSSR count). The molecule has 23 heavy (non-hydrogen) atoms. The zero-order valence-corrected chi connectivity index (χ0v) is 14.5. The van der Waals surface area contributed by atoms with Crippen LogP contribution in [0.1, 0.15) is 24.2 Å². The molecule has 1 unspecified atom stereocenters. The van der Waals surface area contributed by atoms with Gasteiger partial charge >= 0.3 is 5.97 Å². The number of nitrogens with zero attached hydrogens (tertiary/aromatic N) is 1. The maximum Gasteiger partial charge on any atom is 0.339 e. The van der Waals surface area contributed by atoms with Gasteiger partial charge in [-0.25, -0.2) is 4.79 Å². The van der Waals surface area contributed by atoms with Gasteiger partial charge in [0, 0.05) is 36.1 Å². The number of carboxylic acid groups (broad SMARTS) is 1. The largest absolute Gasteiger partial charge is 0.478 e. The fraction of sp³-hybridized carbons (Fsp3) is 0.312. The molecule has 0 fully saturated rings. The van der Waals surface area contributed by atoms with Crippen molar-refractivity contribution in [2.24, 2.45) is 5.92 Å². The third kappa shape index (κ3) is 4.41. The Kier molecular flexibility index (Phi) is 5.54. The highest BCUT2D eigenvalue weighted by atomic mass is 79.9. The average Bonchev–Trinajstić information content (AvgIpc) is 2.50. The van der Waals surface area contributed by atoms with Crippen LogP contribution in [0.4, 0.5) is 5.69 Å². The van der Waals surface area contributed by atoms with Gasteiger partial charge in [0.2, 0.25) is 5.91 Å². The van der Waals surface area contributed by atoms with Gasteiger partial charge in [0.15, 0.2) is 0 Å². The number of carbonyl (C=O) groups excluding carboxylic acids is 1. The number of benzene rings is 1. The van der Waals surface area contributed by atoms with Gasteiger partial charge in [-0.2, -0.15) is 0 Å². The molecule has 0 aliphatic heterocycles. The molecule has 7 heteroatoms. The zero-order chi connectivity index (χ0) is 17.0. The lowest BCUT2D eigenvalue weighted by atomic mass is 10.1. The van der Waals surface area contributed by atoms with Crippen LogP contribution < -0.4 is 10.6 Å². The second-order valence-corrected chi connectivity index (χ2v) is 6.35. The number of fused-ring (bicyclic) bond motifs is 1. The minimum Gasteiger partial charge on any atom is -0.478 e. The lowest BCUT2D eigenvalue weighted by Crippen LogP contribution is -2.29. The predicted octanol–water partition coefficient (Wildman–Crippen LogP) is 2.88. The Hall–Kier alpha value is -2.15. The monoisotopic (exact) mass is 379 g/mol. The van der Waals surface area contributed by atoms with Gasteiger partial charge in [-0.1, -0.05) is 22.9 Å². The van der Waals surface area contributed by atoms with Gasteiger partial charge in [-0.3, -0.25) is 9.78 Å². The topological polar surface area (TPSA) is 91.3 Å². The standard InChI is InChI=1S/C16H18BrN3O3/c1-9(6-18-10(2)21)7-20-15-12-5-11(17)3-4-14(12)19-8-13(15)16(22)23/h3-5,8-9H,6-7H2,1-2H3,(H,18,21)(H,19,20)(H,22,23). The first kappa shape index (κ1) is 17.2. The predicted molar refractivity (Wildman–Crippen MR) is 92.7 cm³/mol. The van der Waals surface area contributed by atoms with Gasteiger partial charge in [0.05, 0.1) is 11.2 Å². The maximum atomic E-state index is 11.5. The number of hydrogen-bond acceptors (Lipinski definition) is 4. The molecular formula is C16H18BrN3O3.